The van der Waals surface area contributed by atoms with Crippen molar-refractivity contribution in [2.24, 2.45) is 0 Å². The van der Waals surface area contributed by atoms with Gasteiger partial charge in [-0.1, -0.05) is 0 Å². The molecule has 1 aromatic heterocycles. The van der Waals surface area contributed by atoms with Crippen LogP contribution in [0.3, 0.4) is 0 Å². The first-order chi connectivity index (χ1) is 10.2. The molecule has 2 aromatic rings. The molecule has 1 aromatic carbocycles. The van der Waals surface area contributed by atoms with Gasteiger partial charge in [0.25, 0.3) is 5.69 Å². The van der Waals surface area contributed by atoms with Crippen LogP contribution in [0.4, 0.5) is 11.6 Å². The maximum absolute atomic E-state index is 10.7. The molecule has 0 spiro atoms. The molecule has 1 atom stereocenters. The molecule has 0 bridgehead atoms. The van der Waals surface area contributed by atoms with Gasteiger partial charge in [0, 0.05) is 25.3 Å². The van der Waals surface area contributed by atoms with E-state index in [0.29, 0.717) is 17.6 Å². The summed E-state index contributed by atoms with van der Waals surface area (Å²) in [6.07, 6.45) is 4.79. The number of imidazole rings is 1. The van der Waals surface area contributed by atoms with Crippen LogP contribution in [0.5, 0.6) is 0 Å². The second kappa shape index (κ2) is 6.09. The predicted octanol–water partition coefficient (Wildman–Crippen LogP) is 2.84. The maximum Gasteiger partial charge on any atom is 0.271 e. The van der Waals surface area contributed by atoms with Crippen LogP contribution in [0.1, 0.15) is 25.7 Å². The number of aromatic amines is 1. The summed E-state index contributed by atoms with van der Waals surface area (Å²) in [6, 6.07) is 4.61. The van der Waals surface area contributed by atoms with Crippen LogP contribution >= 0.6 is 0 Å². The third kappa shape index (κ3) is 3.30. The van der Waals surface area contributed by atoms with E-state index in [1.165, 1.54) is 18.6 Å². The number of hydrogen-bond donors (Lipinski definition) is 2. The first-order valence-electron chi connectivity index (χ1n) is 7.22. The van der Waals surface area contributed by atoms with Crippen LogP contribution in [-0.4, -0.2) is 34.1 Å². The fourth-order valence-electron chi connectivity index (χ4n) is 2.58. The highest BCUT2D eigenvalue weighted by atomic mass is 16.6. The highest BCUT2D eigenvalue weighted by Gasteiger charge is 2.14. The molecule has 112 valence electrons. The van der Waals surface area contributed by atoms with Crippen LogP contribution in [-0.2, 0) is 4.74 Å². The van der Waals surface area contributed by atoms with Gasteiger partial charge in [-0.05, 0) is 31.7 Å². The number of anilines is 1. The van der Waals surface area contributed by atoms with Gasteiger partial charge in [0.2, 0.25) is 5.95 Å². The fourth-order valence-corrected chi connectivity index (χ4v) is 2.58. The molecule has 7 heteroatoms. The monoisotopic (exact) mass is 290 g/mol. The highest BCUT2D eigenvalue weighted by Crippen LogP contribution is 2.21. The molecule has 0 radical (unpaired) electrons. The molecule has 1 saturated heterocycles. The van der Waals surface area contributed by atoms with Crippen LogP contribution in [0.25, 0.3) is 11.0 Å². The number of aromatic nitrogens is 2. The summed E-state index contributed by atoms with van der Waals surface area (Å²) in [6.45, 7) is 1.63. The Labute approximate surface area is 121 Å². The lowest BCUT2D eigenvalue weighted by Gasteiger charge is -2.22. The third-order valence-corrected chi connectivity index (χ3v) is 3.71. The molecule has 1 aliphatic rings. The normalized spacial score (nSPS) is 18.8. The lowest BCUT2D eigenvalue weighted by Crippen LogP contribution is -2.22. The molecule has 2 N–H and O–H groups in total. The summed E-state index contributed by atoms with van der Waals surface area (Å²) in [4.78, 5) is 17.8. The lowest BCUT2D eigenvalue weighted by atomic mass is 10.1. The van der Waals surface area contributed by atoms with E-state index in [1.54, 1.807) is 6.07 Å². The van der Waals surface area contributed by atoms with Gasteiger partial charge in [0.1, 0.15) is 0 Å². The number of fused-ring (bicyclic) bond motifs is 1. The van der Waals surface area contributed by atoms with Gasteiger partial charge in [0.15, 0.2) is 0 Å². The van der Waals surface area contributed by atoms with Crippen molar-refractivity contribution in [3.8, 4) is 0 Å². The molecule has 1 fully saturated rings. The van der Waals surface area contributed by atoms with E-state index in [-0.39, 0.29) is 5.69 Å². The molecular weight excluding hydrogens is 272 g/mol. The zero-order valence-electron chi connectivity index (χ0n) is 11.7. The van der Waals surface area contributed by atoms with Crippen LogP contribution in [0.15, 0.2) is 18.2 Å². The second-order valence-corrected chi connectivity index (χ2v) is 5.25. The average molecular weight is 290 g/mol. The summed E-state index contributed by atoms with van der Waals surface area (Å²) in [5, 5.41) is 14.0. The fraction of sp³-hybridized carbons (Fsp3) is 0.500. The number of H-pyrrole nitrogens is 1. The number of nitrogens with zero attached hydrogens (tertiary/aromatic N) is 2. The Morgan fingerprint density at radius 3 is 3.14 bits per heavy atom. The molecule has 0 saturated carbocycles. The van der Waals surface area contributed by atoms with Crippen LogP contribution < -0.4 is 5.32 Å². The minimum atomic E-state index is -0.409. The molecule has 0 amide bonds. The van der Waals surface area contributed by atoms with Gasteiger partial charge in [-0.3, -0.25) is 10.1 Å². The predicted molar refractivity (Wildman–Crippen MR) is 79.4 cm³/mol. The van der Waals surface area contributed by atoms with E-state index < -0.39 is 4.92 Å². The zero-order valence-corrected chi connectivity index (χ0v) is 11.7. The van der Waals surface area contributed by atoms with Crippen molar-refractivity contribution in [3.63, 3.8) is 0 Å². The molecule has 1 aliphatic heterocycles. The Balaban J connectivity index is 1.60. The van der Waals surface area contributed by atoms with Crippen molar-refractivity contribution in [2.75, 3.05) is 18.5 Å². The number of ether oxygens (including phenoxy) is 1. The lowest BCUT2D eigenvalue weighted by molar-refractivity contribution is -0.384. The maximum atomic E-state index is 10.7. The summed E-state index contributed by atoms with van der Waals surface area (Å²) in [5.74, 6) is 0.640. The number of nitro benzene ring substituents is 1. The number of nitro groups is 1. The van der Waals surface area contributed by atoms with Gasteiger partial charge in [-0.2, -0.15) is 0 Å². The Kier molecular flexibility index (Phi) is 4.01. The first kappa shape index (κ1) is 13.8. The summed E-state index contributed by atoms with van der Waals surface area (Å²) < 4.78 is 5.67. The van der Waals surface area contributed by atoms with E-state index in [0.717, 1.165) is 37.9 Å². The second-order valence-electron chi connectivity index (χ2n) is 5.25. The van der Waals surface area contributed by atoms with E-state index in [4.69, 9.17) is 4.74 Å². The van der Waals surface area contributed by atoms with Gasteiger partial charge >= 0.3 is 0 Å². The number of rotatable bonds is 5. The van der Waals surface area contributed by atoms with Gasteiger partial charge < -0.3 is 15.0 Å². The molecule has 2 heterocycles. The highest BCUT2D eigenvalue weighted by molar-refractivity contribution is 5.79. The summed E-state index contributed by atoms with van der Waals surface area (Å²) in [5.41, 5.74) is 1.45. The Hall–Kier alpha value is -2.15. The molecule has 7 nitrogen and oxygen atoms in total. The minimum Gasteiger partial charge on any atom is -0.378 e. The van der Waals surface area contributed by atoms with Crippen molar-refractivity contribution in [1.82, 2.24) is 9.97 Å². The van der Waals surface area contributed by atoms with Crippen molar-refractivity contribution in [2.45, 2.75) is 31.8 Å². The Bertz CT molecular complexity index is 634. The molecule has 21 heavy (non-hydrogen) atoms. The standard InChI is InChI=1S/C14H18N4O3/c19-18(20)10-4-5-12-13(9-10)17-14(16-12)15-7-6-11-3-1-2-8-21-11/h4-5,9,11H,1-3,6-8H2,(H2,15,16,17). The van der Waals surface area contributed by atoms with Crippen molar-refractivity contribution >= 4 is 22.7 Å². The quantitative estimate of drug-likeness (QED) is 0.652. The van der Waals surface area contributed by atoms with Crippen LogP contribution in [0, 0.1) is 10.1 Å². The molecular formula is C14H18N4O3. The van der Waals surface area contributed by atoms with Gasteiger partial charge in [-0.25, -0.2) is 4.98 Å². The Morgan fingerprint density at radius 2 is 2.38 bits per heavy atom. The minimum absolute atomic E-state index is 0.0632. The Morgan fingerprint density at radius 1 is 1.48 bits per heavy atom. The number of hydrogen-bond acceptors (Lipinski definition) is 5. The van der Waals surface area contributed by atoms with Crippen molar-refractivity contribution in [3.05, 3.63) is 28.3 Å². The first-order valence-corrected chi connectivity index (χ1v) is 7.22. The van der Waals surface area contributed by atoms with Gasteiger partial charge in [0.05, 0.1) is 22.1 Å². The SMILES string of the molecule is O=[N+]([O-])c1ccc2nc(NCCC3CCCCO3)[nH]c2c1. The number of non-ortho nitro benzene ring substituents is 1. The number of nitrogens with one attached hydrogen (secondary N) is 2. The topological polar surface area (TPSA) is 93.1 Å². The summed E-state index contributed by atoms with van der Waals surface area (Å²) >= 11 is 0. The van der Waals surface area contributed by atoms with E-state index in [2.05, 4.69) is 15.3 Å². The largest absolute Gasteiger partial charge is 0.378 e. The molecule has 0 aliphatic carbocycles. The van der Waals surface area contributed by atoms with Gasteiger partial charge in [-0.15, -0.1) is 0 Å². The molecule has 1 unspecified atom stereocenters. The van der Waals surface area contributed by atoms with E-state index in [9.17, 15) is 10.1 Å². The third-order valence-electron chi connectivity index (χ3n) is 3.71. The van der Waals surface area contributed by atoms with E-state index >= 15 is 0 Å². The van der Waals surface area contributed by atoms with E-state index in [1.807, 2.05) is 0 Å². The molecule has 3 rings (SSSR count). The van der Waals surface area contributed by atoms with Crippen molar-refractivity contribution < 1.29 is 9.66 Å². The average Bonchev–Trinajstić information content (AvgIpc) is 2.90. The zero-order chi connectivity index (χ0) is 14.7. The smallest absolute Gasteiger partial charge is 0.271 e. The number of benzene rings is 1. The summed E-state index contributed by atoms with van der Waals surface area (Å²) in [7, 11) is 0. The van der Waals surface area contributed by atoms with Crippen LogP contribution in [0.2, 0.25) is 0 Å². The van der Waals surface area contributed by atoms with Crippen molar-refractivity contribution in [1.29, 1.82) is 0 Å².